The number of ether oxygens (including phenoxy) is 1. The van der Waals surface area contributed by atoms with Gasteiger partial charge in [0, 0.05) is 13.1 Å². The number of piperidine rings is 1. The van der Waals surface area contributed by atoms with Crippen molar-refractivity contribution in [1.82, 2.24) is 25.1 Å². The molecule has 0 saturated carbocycles. The van der Waals surface area contributed by atoms with Crippen molar-refractivity contribution in [3.8, 4) is 11.4 Å². The third-order valence-corrected chi connectivity index (χ3v) is 5.28. The highest BCUT2D eigenvalue weighted by atomic mass is 32.2. The summed E-state index contributed by atoms with van der Waals surface area (Å²) in [4.78, 5) is 14.6. The van der Waals surface area contributed by atoms with E-state index in [1.165, 1.54) is 18.2 Å². The normalized spacial score (nSPS) is 20.2. The molecular weight excluding hydrogens is 350 g/mol. The van der Waals surface area contributed by atoms with Crippen LogP contribution in [0.25, 0.3) is 5.69 Å². The van der Waals surface area contributed by atoms with Crippen molar-refractivity contribution in [3.05, 3.63) is 24.3 Å². The number of aromatic nitrogens is 4. The molecule has 0 radical (unpaired) electrons. The molecule has 3 rings (SSSR count). The number of likely N-dealkylation sites (tertiary alicyclic amines) is 1. The SMILES string of the molecule is CCOc1ccccc1-n1nnnc1SCC(=O)N1C[C@@H](C)C[C@H](C)C1. The predicted molar refractivity (Wildman–Crippen MR) is 101 cm³/mol. The van der Waals surface area contributed by atoms with Crippen molar-refractivity contribution in [2.24, 2.45) is 11.8 Å². The second-order valence-electron chi connectivity index (χ2n) is 6.81. The molecule has 2 heterocycles. The Morgan fingerprint density at radius 2 is 2.00 bits per heavy atom. The van der Waals surface area contributed by atoms with Gasteiger partial charge in [0.1, 0.15) is 11.4 Å². The molecule has 0 spiro atoms. The molecule has 1 saturated heterocycles. The van der Waals surface area contributed by atoms with Crippen LogP contribution in [0.1, 0.15) is 27.2 Å². The Balaban J connectivity index is 1.69. The maximum absolute atomic E-state index is 12.6. The van der Waals surface area contributed by atoms with Crippen molar-refractivity contribution < 1.29 is 9.53 Å². The lowest BCUT2D eigenvalue weighted by molar-refractivity contribution is -0.130. The number of hydrogen-bond acceptors (Lipinski definition) is 6. The smallest absolute Gasteiger partial charge is 0.233 e. The summed E-state index contributed by atoms with van der Waals surface area (Å²) in [5.74, 6) is 2.29. The number of hydrogen-bond donors (Lipinski definition) is 0. The molecule has 1 amide bonds. The Morgan fingerprint density at radius 3 is 2.73 bits per heavy atom. The average Bonchev–Trinajstić information content (AvgIpc) is 3.08. The van der Waals surface area contributed by atoms with Crippen LogP contribution < -0.4 is 4.74 Å². The zero-order valence-corrected chi connectivity index (χ0v) is 16.3. The Labute approximate surface area is 158 Å². The number of carbonyl (C=O) groups is 1. The lowest BCUT2D eigenvalue weighted by Gasteiger charge is -2.34. The van der Waals surface area contributed by atoms with Crippen molar-refractivity contribution in [3.63, 3.8) is 0 Å². The molecule has 1 aromatic carbocycles. The van der Waals surface area contributed by atoms with Crippen LogP contribution >= 0.6 is 11.8 Å². The minimum Gasteiger partial charge on any atom is -0.492 e. The topological polar surface area (TPSA) is 73.1 Å². The van der Waals surface area contributed by atoms with Crippen molar-refractivity contribution >= 4 is 17.7 Å². The molecule has 2 aromatic rings. The molecule has 0 bridgehead atoms. The minimum atomic E-state index is 0.140. The van der Waals surface area contributed by atoms with Gasteiger partial charge in [-0.2, -0.15) is 4.68 Å². The van der Waals surface area contributed by atoms with Crippen molar-refractivity contribution in [2.75, 3.05) is 25.4 Å². The highest BCUT2D eigenvalue weighted by Crippen LogP contribution is 2.27. The van der Waals surface area contributed by atoms with Gasteiger partial charge in [-0.1, -0.05) is 37.7 Å². The number of para-hydroxylation sites is 2. The molecule has 0 unspecified atom stereocenters. The maximum Gasteiger partial charge on any atom is 0.233 e. The van der Waals surface area contributed by atoms with E-state index in [-0.39, 0.29) is 5.91 Å². The molecular formula is C18H25N5O2S. The van der Waals surface area contributed by atoms with Gasteiger partial charge in [0.2, 0.25) is 11.1 Å². The monoisotopic (exact) mass is 375 g/mol. The second kappa shape index (κ2) is 8.53. The highest BCUT2D eigenvalue weighted by molar-refractivity contribution is 7.99. The summed E-state index contributed by atoms with van der Waals surface area (Å²) in [5.41, 5.74) is 0.773. The van der Waals surface area contributed by atoms with Gasteiger partial charge in [0.05, 0.1) is 12.4 Å². The van der Waals surface area contributed by atoms with E-state index in [2.05, 4.69) is 29.4 Å². The van der Waals surface area contributed by atoms with E-state index in [9.17, 15) is 4.79 Å². The first kappa shape index (κ1) is 18.7. The summed E-state index contributed by atoms with van der Waals surface area (Å²) >= 11 is 1.36. The first-order chi connectivity index (χ1) is 12.6. The van der Waals surface area contributed by atoms with Gasteiger partial charge in [0.25, 0.3) is 0 Å². The molecule has 1 fully saturated rings. The van der Waals surface area contributed by atoms with Crippen LogP contribution in [0.2, 0.25) is 0 Å². The molecule has 0 aliphatic carbocycles. The number of amides is 1. The van der Waals surface area contributed by atoms with Gasteiger partial charge < -0.3 is 9.64 Å². The third kappa shape index (κ3) is 4.35. The van der Waals surface area contributed by atoms with Gasteiger partial charge in [-0.15, -0.1) is 5.10 Å². The number of carbonyl (C=O) groups excluding carboxylic acids is 1. The zero-order valence-electron chi connectivity index (χ0n) is 15.5. The standard InChI is InChI=1S/C18H25N5O2S/c1-4-25-16-8-6-5-7-15(16)23-18(19-20-21-23)26-12-17(24)22-10-13(2)9-14(3)11-22/h5-8,13-14H,4,9-12H2,1-3H3/t13-,14-/m0/s1. The number of rotatable bonds is 6. The van der Waals surface area contributed by atoms with Crippen LogP contribution in [-0.4, -0.2) is 56.5 Å². The van der Waals surface area contributed by atoms with Crippen LogP contribution in [0.4, 0.5) is 0 Å². The molecule has 2 atom stereocenters. The quantitative estimate of drug-likeness (QED) is 0.723. The van der Waals surface area contributed by atoms with E-state index in [4.69, 9.17) is 4.74 Å². The number of benzene rings is 1. The van der Waals surface area contributed by atoms with Crippen LogP contribution in [0.3, 0.4) is 0 Å². The van der Waals surface area contributed by atoms with Gasteiger partial charge in [-0.3, -0.25) is 4.79 Å². The Hall–Kier alpha value is -2.09. The number of tetrazole rings is 1. The third-order valence-electron chi connectivity index (χ3n) is 4.38. The predicted octanol–water partition coefficient (Wildman–Crippen LogP) is 2.66. The van der Waals surface area contributed by atoms with Gasteiger partial charge in [0.15, 0.2) is 0 Å². The summed E-state index contributed by atoms with van der Waals surface area (Å²) in [6.45, 7) is 8.57. The maximum atomic E-state index is 12.6. The Morgan fingerprint density at radius 1 is 1.27 bits per heavy atom. The van der Waals surface area contributed by atoms with Crippen LogP contribution in [0, 0.1) is 11.8 Å². The largest absolute Gasteiger partial charge is 0.492 e. The van der Waals surface area contributed by atoms with Gasteiger partial charge in [-0.25, -0.2) is 0 Å². The van der Waals surface area contributed by atoms with E-state index in [0.29, 0.717) is 35.1 Å². The Bertz CT molecular complexity index is 741. The summed E-state index contributed by atoms with van der Waals surface area (Å²) in [6, 6.07) is 7.61. The highest BCUT2D eigenvalue weighted by Gasteiger charge is 2.26. The Kier molecular flexibility index (Phi) is 6.13. The summed E-state index contributed by atoms with van der Waals surface area (Å²) in [5, 5.41) is 12.5. The fourth-order valence-corrected chi connectivity index (χ4v) is 4.20. The summed E-state index contributed by atoms with van der Waals surface area (Å²) in [7, 11) is 0. The second-order valence-corrected chi connectivity index (χ2v) is 7.75. The molecule has 1 aliphatic rings. The fraction of sp³-hybridized carbons (Fsp3) is 0.556. The molecule has 0 N–H and O–H groups in total. The van der Waals surface area contributed by atoms with Crippen molar-refractivity contribution in [2.45, 2.75) is 32.3 Å². The van der Waals surface area contributed by atoms with E-state index < -0.39 is 0 Å². The molecule has 1 aliphatic heterocycles. The number of nitrogens with zero attached hydrogens (tertiary/aromatic N) is 5. The van der Waals surface area contributed by atoms with E-state index in [1.54, 1.807) is 4.68 Å². The lowest BCUT2D eigenvalue weighted by atomic mass is 9.92. The van der Waals surface area contributed by atoms with Crippen molar-refractivity contribution in [1.29, 1.82) is 0 Å². The fourth-order valence-electron chi connectivity index (χ4n) is 3.41. The van der Waals surface area contributed by atoms with E-state index >= 15 is 0 Å². The number of thioether (sulfide) groups is 1. The first-order valence-corrected chi connectivity index (χ1v) is 9.98. The lowest BCUT2D eigenvalue weighted by Crippen LogP contribution is -2.43. The molecule has 1 aromatic heterocycles. The molecule has 140 valence electrons. The average molecular weight is 375 g/mol. The van der Waals surface area contributed by atoms with Crippen LogP contribution in [0.5, 0.6) is 5.75 Å². The van der Waals surface area contributed by atoms with E-state index in [1.807, 2.05) is 36.1 Å². The first-order valence-electron chi connectivity index (χ1n) is 8.99. The minimum absolute atomic E-state index is 0.140. The molecule has 8 heteroatoms. The molecule has 7 nitrogen and oxygen atoms in total. The molecule has 26 heavy (non-hydrogen) atoms. The summed E-state index contributed by atoms with van der Waals surface area (Å²) < 4.78 is 7.29. The summed E-state index contributed by atoms with van der Waals surface area (Å²) in [6.07, 6.45) is 1.18. The van der Waals surface area contributed by atoms with Gasteiger partial charge in [-0.05, 0) is 47.7 Å². The van der Waals surface area contributed by atoms with E-state index in [0.717, 1.165) is 18.8 Å². The van der Waals surface area contributed by atoms with Crippen LogP contribution in [-0.2, 0) is 4.79 Å². The van der Waals surface area contributed by atoms with Gasteiger partial charge >= 0.3 is 0 Å². The van der Waals surface area contributed by atoms with Crippen LogP contribution in [0.15, 0.2) is 29.4 Å². The zero-order chi connectivity index (χ0) is 18.5.